The summed E-state index contributed by atoms with van der Waals surface area (Å²) < 4.78 is 5.36. The zero-order valence-corrected chi connectivity index (χ0v) is 9.85. The SMILES string of the molecule is CNC(CSc1nc(C)c(C)o1)C(N)=O. The zero-order valence-electron chi connectivity index (χ0n) is 9.03. The molecule has 0 aromatic carbocycles. The predicted octanol–water partition coefficient (Wildman–Crippen LogP) is 0.457. The second-order valence-corrected chi connectivity index (χ2v) is 4.15. The van der Waals surface area contributed by atoms with Gasteiger partial charge in [0.15, 0.2) is 0 Å². The van der Waals surface area contributed by atoms with E-state index in [1.807, 2.05) is 13.8 Å². The van der Waals surface area contributed by atoms with Gasteiger partial charge in [0.25, 0.3) is 5.22 Å². The van der Waals surface area contributed by atoms with Gasteiger partial charge in [-0.3, -0.25) is 4.79 Å². The molecule has 1 aromatic rings. The number of hydrogen-bond acceptors (Lipinski definition) is 5. The third kappa shape index (κ3) is 3.24. The van der Waals surface area contributed by atoms with Crippen molar-refractivity contribution in [1.82, 2.24) is 10.3 Å². The Bertz CT molecular complexity index is 332. The van der Waals surface area contributed by atoms with E-state index in [-0.39, 0.29) is 11.9 Å². The molecule has 0 aliphatic heterocycles. The Balaban J connectivity index is 2.52. The van der Waals surface area contributed by atoms with Crippen LogP contribution >= 0.6 is 11.8 Å². The quantitative estimate of drug-likeness (QED) is 0.717. The van der Waals surface area contributed by atoms with Gasteiger partial charge in [-0.1, -0.05) is 11.8 Å². The first-order chi connectivity index (χ1) is 7.04. The number of oxazole rings is 1. The summed E-state index contributed by atoms with van der Waals surface area (Å²) in [4.78, 5) is 15.1. The van der Waals surface area contributed by atoms with Gasteiger partial charge in [-0.15, -0.1) is 0 Å². The lowest BCUT2D eigenvalue weighted by Crippen LogP contribution is -2.41. The van der Waals surface area contributed by atoms with Gasteiger partial charge in [-0.25, -0.2) is 4.98 Å². The van der Waals surface area contributed by atoms with Crippen LogP contribution in [0.5, 0.6) is 0 Å². The fourth-order valence-electron chi connectivity index (χ4n) is 0.967. The van der Waals surface area contributed by atoms with Crippen molar-refractivity contribution in [3.05, 3.63) is 11.5 Å². The normalized spacial score (nSPS) is 12.7. The molecule has 0 saturated heterocycles. The molecule has 0 aliphatic rings. The average Bonchev–Trinajstić information content (AvgIpc) is 2.47. The summed E-state index contributed by atoms with van der Waals surface area (Å²) in [5, 5.41) is 3.40. The topological polar surface area (TPSA) is 81.2 Å². The minimum atomic E-state index is -0.370. The third-order valence-electron chi connectivity index (χ3n) is 2.07. The van der Waals surface area contributed by atoms with Crippen molar-refractivity contribution in [3.8, 4) is 0 Å². The van der Waals surface area contributed by atoms with E-state index in [0.29, 0.717) is 11.0 Å². The van der Waals surface area contributed by atoms with Crippen LogP contribution in [0.15, 0.2) is 9.64 Å². The number of carbonyl (C=O) groups excluding carboxylic acids is 1. The Labute approximate surface area is 92.8 Å². The number of hydrogen-bond donors (Lipinski definition) is 2. The highest BCUT2D eigenvalue weighted by molar-refractivity contribution is 7.99. The lowest BCUT2D eigenvalue weighted by Gasteiger charge is -2.09. The largest absolute Gasteiger partial charge is 0.437 e. The number of nitrogens with zero attached hydrogens (tertiary/aromatic N) is 1. The summed E-state index contributed by atoms with van der Waals surface area (Å²) in [6.45, 7) is 3.74. The van der Waals surface area contributed by atoms with Crippen molar-refractivity contribution in [2.75, 3.05) is 12.8 Å². The summed E-state index contributed by atoms with van der Waals surface area (Å²) in [6.07, 6.45) is 0. The van der Waals surface area contributed by atoms with Gasteiger partial charge in [0.05, 0.1) is 11.7 Å². The Kier molecular flexibility index (Phi) is 4.16. The number of amides is 1. The monoisotopic (exact) mass is 229 g/mol. The molecular formula is C9H15N3O2S. The molecule has 84 valence electrons. The van der Waals surface area contributed by atoms with Crippen LogP contribution < -0.4 is 11.1 Å². The molecule has 3 N–H and O–H groups in total. The van der Waals surface area contributed by atoms with E-state index in [4.69, 9.17) is 10.2 Å². The first-order valence-corrected chi connectivity index (χ1v) is 5.56. The van der Waals surface area contributed by atoms with Gasteiger partial charge in [-0.05, 0) is 20.9 Å². The molecule has 1 atom stereocenters. The summed E-state index contributed by atoms with van der Waals surface area (Å²) in [6, 6.07) is -0.359. The Morgan fingerprint density at radius 3 is 2.73 bits per heavy atom. The predicted molar refractivity (Wildman–Crippen MR) is 58.7 cm³/mol. The maximum absolute atomic E-state index is 10.9. The van der Waals surface area contributed by atoms with Crippen LogP contribution in [0.25, 0.3) is 0 Å². The molecule has 1 rings (SSSR count). The summed E-state index contributed by atoms with van der Waals surface area (Å²) in [7, 11) is 1.70. The van der Waals surface area contributed by atoms with Crippen LogP contribution in [-0.2, 0) is 4.79 Å². The molecule has 0 saturated carbocycles. The molecule has 1 aromatic heterocycles. The Morgan fingerprint density at radius 2 is 2.33 bits per heavy atom. The van der Waals surface area contributed by atoms with E-state index in [0.717, 1.165) is 11.5 Å². The van der Waals surface area contributed by atoms with Crippen LogP contribution in [0.2, 0.25) is 0 Å². The average molecular weight is 229 g/mol. The second-order valence-electron chi connectivity index (χ2n) is 3.18. The van der Waals surface area contributed by atoms with Crippen LogP contribution in [0.4, 0.5) is 0 Å². The summed E-state index contributed by atoms with van der Waals surface area (Å²) >= 11 is 1.38. The van der Waals surface area contributed by atoms with Crippen molar-refractivity contribution in [2.24, 2.45) is 5.73 Å². The molecule has 0 bridgehead atoms. The third-order valence-corrected chi connectivity index (χ3v) is 3.00. The van der Waals surface area contributed by atoms with Gasteiger partial charge >= 0.3 is 0 Å². The number of aromatic nitrogens is 1. The fourth-order valence-corrected chi connectivity index (χ4v) is 1.99. The van der Waals surface area contributed by atoms with Gasteiger partial charge < -0.3 is 15.5 Å². The standard InChI is InChI=1S/C9H15N3O2S/c1-5-6(2)14-9(12-5)15-4-7(11-3)8(10)13/h7,11H,4H2,1-3H3,(H2,10,13). The minimum Gasteiger partial charge on any atom is -0.437 e. The van der Waals surface area contributed by atoms with E-state index in [2.05, 4.69) is 10.3 Å². The van der Waals surface area contributed by atoms with E-state index in [9.17, 15) is 4.79 Å². The zero-order chi connectivity index (χ0) is 11.4. The fraction of sp³-hybridized carbons (Fsp3) is 0.556. The molecule has 0 radical (unpaired) electrons. The molecule has 1 unspecified atom stereocenters. The van der Waals surface area contributed by atoms with Gasteiger partial charge in [0.2, 0.25) is 5.91 Å². The lowest BCUT2D eigenvalue weighted by atomic mass is 10.3. The number of nitrogens with one attached hydrogen (secondary N) is 1. The number of thioether (sulfide) groups is 1. The van der Waals surface area contributed by atoms with Crippen molar-refractivity contribution < 1.29 is 9.21 Å². The molecule has 1 amide bonds. The summed E-state index contributed by atoms with van der Waals surface area (Å²) in [5.41, 5.74) is 6.05. The number of nitrogens with two attached hydrogens (primary N) is 1. The van der Waals surface area contributed by atoms with E-state index >= 15 is 0 Å². The van der Waals surface area contributed by atoms with E-state index in [1.54, 1.807) is 7.05 Å². The smallest absolute Gasteiger partial charge is 0.256 e. The summed E-state index contributed by atoms with van der Waals surface area (Å²) in [5.74, 6) is 0.952. The maximum atomic E-state index is 10.9. The van der Waals surface area contributed by atoms with Crippen LogP contribution in [-0.4, -0.2) is 29.7 Å². The Morgan fingerprint density at radius 1 is 1.67 bits per heavy atom. The molecule has 15 heavy (non-hydrogen) atoms. The maximum Gasteiger partial charge on any atom is 0.256 e. The molecule has 0 spiro atoms. The molecule has 5 nitrogen and oxygen atoms in total. The van der Waals surface area contributed by atoms with Crippen molar-refractivity contribution in [3.63, 3.8) is 0 Å². The number of aryl methyl sites for hydroxylation is 2. The van der Waals surface area contributed by atoms with Crippen molar-refractivity contribution in [2.45, 2.75) is 25.1 Å². The number of likely N-dealkylation sites (N-methyl/N-ethyl adjacent to an activating group) is 1. The minimum absolute atomic E-state index is 0.359. The van der Waals surface area contributed by atoms with Gasteiger partial charge in [0.1, 0.15) is 5.76 Å². The molecule has 6 heteroatoms. The first-order valence-electron chi connectivity index (χ1n) is 4.58. The van der Waals surface area contributed by atoms with Crippen molar-refractivity contribution >= 4 is 17.7 Å². The van der Waals surface area contributed by atoms with Gasteiger partial charge in [0, 0.05) is 5.75 Å². The first kappa shape index (κ1) is 12.1. The molecule has 0 fully saturated rings. The highest BCUT2D eigenvalue weighted by atomic mass is 32.2. The highest BCUT2D eigenvalue weighted by Crippen LogP contribution is 2.20. The van der Waals surface area contributed by atoms with Crippen LogP contribution in [0, 0.1) is 13.8 Å². The van der Waals surface area contributed by atoms with Crippen LogP contribution in [0.1, 0.15) is 11.5 Å². The number of carbonyl (C=O) groups is 1. The number of rotatable bonds is 5. The van der Waals surface area contributed by atoms with Gasteiger partial charge in [-0.2, -0.15) is 0 Å². The Hall–Kier alpha value is -1.01. The van der Waals surface area contributed by atoms with E-state index < -0.39 is 0 Å². The highest BCUT2D eigenvalue weighted by Gasteiger charge is 2.15. The number of primary amides is 1. The second kappa shape index (κ2) is 5.18. The van der Waals surface area contributed by atoms with Crippen molar-refractivity contribution in [1.29, 1.82) is 0 Å². The van der Waals surface area contributed by atoms with E-state index in [1.165, 1.54) is 11.8 Å². The molecule has 0 aliphatic carbocycles. The molecular weight excluding hydrogens is 214 g/mol. The molecule has 1 heterocycles. The van der Waals surface area contributed by atoms with Crippen LogP contribution in [0.3, 0.4) is 0 Å². The lowest BCUT2D eigenvalue weighted by molar-refractivity contribution is -0.119.